The summed E-state index contributed by atoms with van der Waals surface area (Å²) in [6.45, 7) is 2.04. The third-order valence-electron chi connectivity index (χ3n) is 3.39. The summed E-state index contributed by atoms with van der Waals surface area (Å²) in [5.41, 5.74) is 2.56. The minimum absolute atomic E-state index is 0.0767. The van der Waals surface area contributed by atoms with Gasteiger partial charge in [0.2, 0.25) is 0 Å². The molecule has 0 fully saturated rings. The Balaban J connectivity index is 2.11. The predicted octanol–water partition coefficient (Wildman–Crippen LogP) is 3.63. The molecule has 0 saturated heterocycles. The van der Waals surface area contributed by atoms with Gasteiger partial charge in [0.05, 0.1) is 6.04 Å². The van der Waals surface area contributed by atoms with E-state index < -0.39 is 0 Å². The van der Waals surface area contributed by atoms with E-state index in [1.165, 1.54) is 18.2 Å². The van der Waals surface area contributed by atoms with Gasteiger partial charge in [-0.05, 0) is 55.7 Å². The molecule has 21 heavy (non-hydrogen) atoms. The minimum atomic E-state index is -0.367. The van der Waals surface area contributed by atoms with Crippen molar-refractivity contribution < 1.29 is 14.6 Å². The molecule has 0 radical (unpaired) electrons. The lowest BCUT2D eigenvalue weighted by Gasteiger charge is -2.17. The molecule has 2 aromatic rings. The summed E-state index contributed by atoms with van der Waals surface area (Å²) in [6, 6.07) is 11.6. The first-order valence-electron chi connectivity index (χ1n) is 7.05. The summed E-state index contributed by atoms with van der Waals surface area (Å²) in [6.07, 6.45) is 1.54. The Labute approximate surface area is 124 Å². The Morgan fingerprint density at radius 3 is 2.76 bits per heavy atom. The van der Waals surface area contributed by atoms with E-state index in [0.29, 0.717) is 5.56 Å². The Kier molecular flexibility index (Phi) is 5.17. The van der Waals surface area contributed by atoms with Crippen molar-refractivity contribution in [2.24, 2.45) is 0 Å². The monoisotopic (exact) mass is 289 g/mol. The fraction of sp³-hybridized carbons (Fsp3) is 0.294. The molecule has 0 aliphatic rings. The standard InChI is InChI=1S/C17H20FNO2/c1-12(16-11-14(18)7-8-17(16)21)19-15-6-2-4-13(10-15)5-3-9-20/h2,4,6-8,10-12,19-21H,3,5,9H2,1H3. The first kappa shape index (κ1) is 15.3. The van der Waals surface area contributed by atoms with Crippen molar-refractivity contribution in [2.45, 2.75) is 25.8 Å². The van der Waals surface area contributed by atoms with Gasteiger partial charge in [0.25, 0.3) is 0 Å². The van der Waals surface area contributed by atoms with Crippen LogP contribution >= 0.6 is 0 Å². The van der Waals surface area contributed by atoms with Crippen LogP contribution in [-0.4, -0.2) is 16.8 Å². The number of halogens is 1. The van der Waals surface area contributed by atoms with Crippen LogP contribution in [0.15, 0.2) is 42.5 Å². The SMILES string of the molecule is CC(Nc1cccc(CCCO)c1)c1cc(F)ccc1O. The maximum absolute atomic E-state index is 13.3. The number of hydrogen-bond donors (Lipinski definition) is 3. The second-order valence-electron chi connectivity index (χ2n) is 5.10. The molecule has 1 unspecified atom stereocenters. The lowest BCUT2D eigenvalue weighted by atomic mass is 10.1. The highest BCUT2D eigenvalue weighted by Crippen LogP contribution is 2.28. The van der Waals surface area contributed by atoms with Gasteiger partial charge >= 0.3 is 0 Å². The third-order valence-corrected chi connectivity index (χ3v) is 3.39. The number of hydrogen-bond acceptors (Lipinski definition) is 3. The fourth-order valence-electron chi connectivity index (χ4n) is 2.30. The zero-order chi connectivity index (χ0) is 15.2. The number of aliphatic hydroxyl groups is 1. The van der Waals surface area contributed by atoms with E-state index in [4.69, 9.17) is 5.11 Å². The summed E-state index contributed by atoms with van der Waals surface area (Å²) in [7, 11) is 0. The molecule has 0 aromatic heterocycles. The van der Waals surface area contributed by atoms with Crippen LogP contribution < -0.4 is 5.32 Å². The number of anilines is 1. The van der Waals surface area contributed by atoms with Crippen LogP contribution in [0.2, 0.25) is 0 Å². The summed E-state index contributed by atoms with van der Waals surface area (Å²) in [5.74, 6) is -0.291. The van der Waals surface area contributed by atoms with E-state index in [0.717, 1.165) is 24.1 Å². The number of rotatable bonds is 6. The van der Waals surface area contributed by atoms with Crippen LogP contribution in [0.4, 0.5) is 10.1 Å². The number of nitrogens with one attached hydrogen (secondary N) is 1. The molecule has 3 N–H and O–H groups in total. The maximum Gasteiger partial charge on any atom is 0.123 e. The normalized spacial score (nSPS) is 12.1. The molecule has 112 valence electrons. The first-order valence-corrected chi connectivity index (χ1v) is 7.05. The van der Waals surface area contributed by atoms with Gasteiger partial charge in [0.15, 0.2) is 0 Å². The molecular weight excluding hydrogens is 269 g/mol. The van der Waals surface area contributed by atoms with Crippen LogP contribution in [-0.2, 0) is 6.42 Å². The molecule has 0 heterocycles. The van der Waals surface area contributed by atoms with Crippen LogP contribution in [0.1, 0.15) is 30.5 Å². The van der Waals surface area contributed by atoms with Gasteiger partial charge in [0.1, 0.15) is 11.6 Å². The van der Waals surface area contributed by atoms with Gasteiger partial charge in [-0.3, -0.25) is 0 Å². The molecule has 2 aromatic carbocycles. The Morgan fingerprint density at radius 2 is 2.00 bits per heavy atom. The zero-order valence-electron chi connectivity index (χ0n) is 12.0. The fourth-order valence-corrected chi connectivity index (χ4v) is 2.30. The average Bonchev–Trinajstić information content (AvgIpc) is 2.48. The minimum Gasteiger partial charge on any atom is -0.508 e. The maximum atomic E-state index is 13.3. The summed E-state index contributed by atoms with van der Waals surface area (Å²) < 4.78 is 13.3. The Bertz CT molecular complexity index is 601. The van der Waals surface area contributed by atoms with Crippen molar-refractivity contribution >= 4 is 5.69 Å². The predicted molar refractivity (Wildman–Crippen MR) is 82.0 cm³/mol. The van der Waals surface area contributed by atoms with E-state index in [1.54, 1.807) is 0 Å². The molecule has 0 bridgehead atoms. The van der Waals surface area contributed by atoms with Crippen molar-refractivity contribution in [1.82, 2.24) is 0 Å². The van der Waals surface area contributed by atoms with E-state index in [-0.39, 0.29) is 24.2 Å². The number of aryl methyl sites for hydroxylation is 1. The molecule has 2 rings (SSSR count). The number of phenols is 1. The average molecular weight is 289 g/mol. The van der Waals surface area contributed by atoms with Gasteiger partial charge in [-0.1, -0.05) is 12.1 Å². The van der Waals surface area contributed by atoms with Crippen LogP contribution in [0, 0.1) is 5.82 Å². The van der Waals surface area contributed by atoms with Gasteiger partial charge in [-0.2, -0.15) is 0 Å². The lowest BCUT2D eigenvalue weighted by Crippen LogP contribution is -2.07. The van der Waals surface area contributed by atoms with Gasteiger partial charge in [0, 0.05) is 17.9 Å². The van der Waals surface area contributed by atoms with Crippen LogP contribution in [0.25, 0.3) is 0 Å². The zero-order valence-corrected chi connectivity index (χ0v) is 12.0. The number of aromatic hydroxyl groups is 1. The molecular formula is C17H20FNO2. The number of benzene rings is 2. The molecule has 3 nitrogen and oxygen atoms in total. The van der Waals surface area contributed by atoms with Crippen molar-refractivity contribution in [3.8, 4) is 5.75 Å². The van der Waals surface area contributed by atoms with Gasteiger partial charge < -0.3 is 15.5 Å². The van der Waals surface area contributed by atoms with Crippen molar-refractivity contribution in [3.05, 3.63) is 59.4 Å². The van der Waals surface area contributed by atoms with Gasteiger partial charge in [-0.25, -0.2) is 4.39 Å². The van der Waals surface area contributed by atoms with E-state index >= 15 is 0 Å². The van der Waals surface area contributed by atoms with Crippen molar-refractivity contribution in [2.75, 3.05) is 11.9 Å². The Morgan fingerprint density at radius 1 is 1.19 bits per heavy atom. The molecule has 0 aliphatic carbocycles. The molecule has 0 spiro atoms. The van der Waals surface area contributed by atoms with E-state index in [2.05, 4.69) is 5.32 Å². The smallest absolute Gasteiger partial charge is 0.123 e. The first-order chi connectivity index (χ1) is 10.1. The highest BCUT2D eigenvalue weighted by Gasteiger charge is 2.11. The van der Waals surface area contributed by atoms with Gasteiger partial charge in [-0.15, -0.1) is 0 Å². The summed E-state index contributed by atoms with van der Waals surface area (Å²) in [5, 5.41) is 21.9. The second-order valence-corrected chi connectivity index (χ2v) is 5.10. The largest absolute Gasteiger partial charge is 0.508 e. The van der Waals surface area contributed by atoms with Crippen LogP contribution in [0.3, 0.4) is 0 Å². The molecule has 1 atom stereocenters. The lowest BCUT2D eigenvalue weighted by molar-refractivity contribution is 0.288. The number of aliphatic hydroxyl groups excluding tert-OH is 1. The topological polar surface area (TPSA) is 52.5 Å². The highest BCUT2D eigenvalue weighted by molar-refractivity contribution is 5.49. The molecule has 0 saturated carbocycles. The second kappa shape index (κ2) is 7.09. The molecule has 0 aliphatic heterocycles. The highest BCUT2D eigenvalue weighted by atomic mass is 19.1. The summed E-state index contributed by atoms with van der Waals surface area (Å²) >= 11 is 0. The molecule has 4 heteroatoms. The van der Waals surface area contributed by atoms with E-state index in [1.807, 2.05) is 31.2 Å². The van der Waals surface area contributed by atoms with Crippen molar-refractivity contribution in [1.29, 1.82) is 0 Å². The Hall–Kier alpha value is -2.07. The van der Waals surface area contributed by atoms with Crippen LogP contribution in [0.5, 0.6) is 5.75 Å². The molecule has 0 amide bonds. The third kappa shape index (κ3) is 4.20. The number of phenolic OH excluding ortho intramolecular Hbond substituents is 1. The quantitative estimate of drug-likeness (QED) is 0.761. The summed E-state index contributed by atoms with van der Waals surface area (Å²) in [4.78, 5) is 0. The van der Waals surface area contributed by atoms with Crippen molar-refractivity contribution in [3.63, 3.8) is 0 Å². The van der Waals surface area contributed by atoms with E-state index in [9.17, 15) is 9.50 Å².